The minimum Gasteiger partial charge on any atom is -0.493 e. The highest BCUT2D eigenvalue weighted by molar-refractivity contribution is 9.10. The van der Waals surface area contributed by atoms with Gasteiger partial charge in [-0.05, 0) is 29.8 Å². The van der Waals surface area contributed by atoms with Crippen molar-refractivity contribution in [2.45, 2.75) is 17.5 Å². The highest BCUT2D eigenvalue weighted by Crippen LogP contribution is 2.34. The summed E-state index contributed by atoms with van der Waals surface area (Å²) in [5, 5.41) is 10.6. The fraction of sp³-hybridized carbons (Fsp3) is 0.143. The van der Waals surface area contributed by atoms with Crippen LogP contribution in [0.4, 0.5) is 0 Å². The van der Waals surface area contributed by atoms with E-state index in [1.807, 2.05) is 47.0 Å². The third-order valence-electron chi connectivity index (χ3n) is 4.26. The average Bonchev–Trinajstić information content (AvgIpc) is 3.31. The molecule has 2 aromatic heterocycles. The molecule has 0 saturated heterocycles. The predicted molar refractivity (Wildman–Crippen MR) is 116 cm³/mol. The first-order valence-electron chi connectivity index (χ1n) is 8.68. The summed E-state index contributed by atoms with van der Waals surface area (Å²) in [6, 6.07) is 16.0. The van der Waals surface area contributed by atoms with E-state index in [0.29, 0.717) is 29.5 Å². The van der Waals surface area contributed by atoms with Crippen molar-refractivity contribution in [3.05, 3.63) is 71.2 Å². The van der Waals surface area contributed by atoms with E-state index in [0.717, 1.165) is 20.8 Å². The molecule has 4 rings (SSSR count). The SMILES string of the molecule is C=CCn1c(SCc2ccc(Br)cc2)nnc1-c1cc2cccc(OC)c2o1. The summed E-state index contributed by atoms with van der Waals surface area (Å²) in [4.78, 5) is 0. The van der Waals surface area contributed by atoms with Crippen LogP contribution in [0.3, 0.4) is 0 Å². The van der Waals surface area contributed by atoms with E-state index in [9.17, 15) is 0 Å². The van der Waals surface area contributed by atoms with Crippen LogP contribution in [0.2, 0.25) is 0 Å². The van der Waals surface area contributed by atoms with Crippen molar-refractivity contribution < 1.29 is 9.15 Å². The van der Waals surface area contributed by atoms with Crippen LogP contribution >= 0.6 is 27.7 Å². The first-order chi connectivity index (χ1) is 13.7. The molecule has 4 aromatic rings. The van der Waals surface area contributed by atoms with Gasteiger partial charge in [-0.25, -0.2) is 0 Å². The molecule has 0 fully saturated rings. The van der Waals surface area contributed by atoms with Crippen molar-refractivity contribution >= 4 is 38.7 Å². The van der Waals surface area contributed by atoms with Crippen LogP contribution in [0, 0.1) is 0 Å². The topological polar surface area (TPSA) is 53.1 Å². The molecule has 0 unspecified atom stereocenters. The van der Waals surface area contributed by atoms with Gasteiger partial charge in [0.2, 0.25) is 5.82 Å². The number of rotatable bonds is 7. The summed E-state index contributed by atoms with van der Waals surface area (Å²) in [5.74, 6) is 2.83. The van der Waals surface area contributed by atoms with Gasteiger partial charge in [0, 0.05) is 22.2 Å². The van der Waals surface area contributed by atoms with Crippen molar-refractivity contribution in [3.8, 4) is 17.3 Å². The van der Waals surface area contributed by atoms with E-state index in [-0.39, 0.29) is 0 Å². The van der Waals surface area contributed by atoms with Crippen LogP contribution < -0.4 is 4.74 Å². The Labute approximate surface area is 175 Å². The highest BCUT2D eigenvalue weighted by atomic mass is 79.9. The Bertz CT molecular complexity index is 1120. The smallest absolute Gasteiger partial charge is 0.200 e. The molecule has 0 aliphatic carbocycles. The molecule has 0 aliphatic rings. The number of hydrogen-bond acceptors (Lipinski definition) is 5. The van der Waals surface area contributed by atoms with Gasteiger partial charge in [0.25, 0.3) is 0 Å². The van der Waals surface area contributed by atoms with E-state index >= 15 is 0 Å². The number of ether oxygens (including phenoxy) is 1. The van der Waals surface area contributed by atoms with Crippen LogP contribution in [0.1, 0.15) is 5.56 Å². The third kappa shape index (κ3) is 3.72. The van der Waals surface area contributed by atoms with Gasteiger partial charge in [-0.15, -0.1) is 16.8 Å². The molecule has 0 atom stereocenters. The number of furan rings is 1. The summed E-state index contributed by atoms with van der Waals surface area (Å²) in [6.45, 7) is 4.46. The largest absolute Gasteiger partial charge is 0.493 e. The second-order valence-corrected chi connectivity index (χ2v) is 7.97. The number of methoxy groups -OCH3 is 1. The lowest BCUT2D eigenvalue weighted by Crippen LogP contribution is -2.00. The van der Waals surface area contributed by atoms with E-state index in [2.05, 4.69) is 44.8 Å². The highest BCUT2D eigenvalue weighted by Gasteiger charge is 2.18. The van der Waals surface area contributed by atoms with Gasteiger partial charge in [0.15, 0.2) is 22.2 Å². The summed E-state index contributed by atoms with van der Waals surface area (Å²) in [7, 11) is 1.63. The van der Waals surface area contributed by atoms with Crippen LogP contribution in [0.15, 0.2) is 75.2 Å². The summed E-state index contributed by atoms with van der Waals surface area (Å²) in [6.07, 6.45) is 1.83. The van der Waals surface area contributed by atoms with Crippen LogP contribution in [-0.4, -0.2) is 21.9 Å². The average molecular weight is 456 g/mol. The molecule has 28 heavy (non-hydrogen) atoms. The van der Waals surface area contributed by atoms with Crippen molar-refractivity contribution in [2.24, 2.45) is 0 Å². The maximum Gasteiger partial charge on any atom is 0.200 e. The fourth-order valence-electron chi connectivity index (χ4n) is 2.91. The zero-order valence-electron chi connectivity index (χ0n) is 15.3. The Morgan fingerprint density at radius 3 is 2.79 bits per heavy atom. The van der Waals surface area contributed by atoms with Gasteiger partial charge < -0.3 is 9.15 Å². The van der Waals surface area contributed by atoms with Gasteiger partial charge in [0.1, 0.15) is 0 Å². The first-order valence-corrected chi connectivity index (χ1v) is 10.5. The zero-order valence-corrected chi connectivity index (χ0v) is 17.7. The van der Waals surface area contributed by atoms with Gasteiger partial charge in [-0.1, -0.05) is 58.0 Å². The molecular formula is C21H18BrN3O2S. The quantitative estimate of drug-likeness (QED) is 0.255. The van der Waals surface area contributed by atoms with Gasteiger partial charge >= 0.3 is 0 Å². The molecule has 0 amide bonds. The lowest BCUT2D eigenvalue weighted by molar-refractivity contribution is 0.410. The molecule has 2 heterocycles. The van der Waals surface area contributed by atoms with Gasteiger partial charge in [-0.2, -0.15) is 0 Å². The summed E-state index contributed by atoms with van der Waals surface area (Å²) < 4.78 is 14.5. The first kappa shape index (κ1) is 18.8. The lowest BCUT2D eigenvalue weighted by Gasteiger charge is -2.06. The Hall–Kier alpha value is -2.51. The maximum atomic E-state index is 6.06. The second-order valence-electron chi connectivity index (χ2n) is 6.11. The van der Waals surface area contributed by atoms with E-state index in [1.165, 1.54) is 5.56 Å². The monoisotopic (exact) mass is 455 g/mol. The third-order valence-corrected chi connectivity index (χ3v) is 5.82. The van der Waals surface area contributed by atoms with Crippen LogP contribution in [0.25, 0.3) is 22.6 Å². The van der Waals surface area contributed by atoms with Crippen molar-refractivity contribution in [3.63, 3.8) is 0 Å². The van der Waals surface area contributed by atoms with Crippen molar-refractivity contribution in [1.29, 1.82) is 0 Å². The van der Waals surface area contributed by atoms with Gasteiger partial charge in [0.05, 0.1) is 7.11 Å². The predicted octanol–water partition coefficient (Wildman–Crippen LogP) is 5.94. The lowest BCUT2D eigenvalue weighted by atomic mass is 10.2. The molecule has 0 N–H and O–H groups in total. The van der Waals surface area contributed by atoms with Gasteiger partial charge in [-0.3, -0.25) is 4.57 Å². The summed E-state index contributed by atoms with van der Waals surface area (Å²) >= 11 is 5.10. The molecule has 142 valence electrons. The number of aromatic nitrogens is 3. The number of thioether (sulfide) groups is 1. The molecule has 0 spiro atoms. The summed E-state index contributed by atoms with van der Waals surface area (Å²) in [5.41, 5.74) is 1.92. The number of halogens is 1. The second kappa shape index (κ2) is 8.24. The molecule has 2 aromatic carbocycles. The molecule has 5 nitrogen and oxygen atoms in total. The van der Waals surface area contributed by atoms with E-state index in [1.54, 1.807) is 18.9 Å². The molecule has 0 bridgehead atoms. The number of para-hydroxylation sites is 1. The molecule has 0 radical (unpaired) electrons. The van der Waals surface area contributed by atoms with Crippen molar-refractivity contribution in [2.75, 3.05) is 7.11 Å². The number of benzene rings is 2. The minimum absolute atomic E-state index is 0.596. The normalized spacial score (nSPS) is 11.1. The standard InChI is InChI=1S/C21H18BrN3O2S/c1-3-11-25-20(18-12-15-5-4-6-17(26-2)19(15)27-18)23-24-21(25)28-13-14-7-9-16(22)10-8-14/h3-10,12H,1,11,13H2,2H3. The van der Waals surface area contributed by atoms with E-state index < -0.39 is 0 Å². The fourth-order valence-corrected chi connectivity index (χ4v) is 4.08. The van der Waals surface area contributed by atoms with Crippen molar-refractivity contribution in [1.82, 2.24) is 14.8 Å². The number of fused-ring (bicyclic) bond motifs is 1. The Kier molecular flexibility index (Phi) is 5.54. The molecule has 7 heteroatoms. The molecular weight excluding hydrogens is 438 g/mol. The van der Waals surface area contributed by atoms with E-state index in [4.69, 9.17) is 9.15 Å². The Morgan fingerprint density at radius 2 is 2.04 bits per heavy atom. The maximum absolute atomic E-state index is 6.06. The Morgan fingerprint density at radius 1 is 1.21 bits per heavy atom. The number of allylic oxidation sites excluding steroid dienone is 1. The Balaban J connectivity index is 1.66. The number of nitrogens with zero attached hydrogens (tertiary/aromatic N) is 3. The van der Waals surface area contributed by atoms with Crippen LogP contribution in [-0.2, 0) is 12.3 Å². The number of hydrogen-bond donors (Lipinski definition) is 0. The molecule has 0 saturated carbocycles. The minimum atomic E-state index is 0.596. The van der Waals surface area contributed by atoms with Crippen LogP contribution in [0.5, 0.6) is 5.75 Å². The zero-order chi connectivity index (χ0) is 19.5. The molecule has 0 aliphatic heterocycles.